The number of aliphatic hydroxyl groups excluding tert-OH is 2. The van der Waals surface area contributed by atoms with Crippen molar-refractivity contribution in [2.24, 2.45) is 0 Å². The van der Waals surface area contributed by atoms with E-state index in [2.05, 4.69) is 15.8 Å². The zero-order chi connectivity index (χ0) is 27.5. The maximum atomic E-state index is 13.3. The van der Waals surface area contributed by atoms with Crippen LogP contribution in [0.4, 0.5) is 10.1 Å². The van der Waals surface area contributed by atoms with Gasteiger partial charge in [0.25, 0.3) is 11.8 Å². The second-order valence-corrected chi connectivity index (χ2v) is 9.68. The third-order valence-electron chi connectivity index (χ3n) is 7.06. The van der Waals surface area contributed by atoms with Gasteiger partial charge in [-0.05, 0) is 67.8 Å². The number of hydrogen-bond acceptors (Lipinski definition) is 7. The third kappa shape index (κ3) is 5.70. The minimum Gasteiger partial charge on any atom is -0.380 e. The van der Waals surface area contributed by atoms with Gasteiger partial charge in [-0.15, -0.1) is 0 Å². The molecule has 0 unspecified atom stereocenters. The predicted octanol–water partition coefficient (Wildman–Crippen LogP) is 2.11. The van der Waals surface area contributed by atoms with Gasteiger partial charge in [-0.1, -0.05) is 18.2 Å². The summed E-state index contributed by atoms with van der Waals surface area (Å²) in [5, 5.41) is 30.3. The van der Waals surface area contributed by atoms with Crippen molar-refractivity contribution in [3.05, 3.63) is 90.1 Å². The summed E-state index contributed by atoms with van der Waals surface area (Å²) >= 11 is 0. The Morgan fingerprint density at radius 2 is 1.77 bits per heavy atom. The van der Waals surface area contributed by atoms with Gasteiger partial charge in [-0.25, -0.2) is 14.5 Å². The number of benzene rings is 2. The van der Waals surface area contributed by atoms with E-state index in [4.69, 9.17) is 0 Å². The molecular formula is C28H31FN6O4. The molecule has 2 aliphatic heterocycles. The monoisotopic (exact) mass is 534 g/mol. The molecule has 4 N–H and O–H groups in total. The molecule has 2 amide bonds. The van der Waals surface area contributed by atoms with Crippen LogP contribution in [-0.4, -0.2) is 62.0 Å². The lowest BCUT2D eigenvalue weighted by molar-refractivity contribution is -0.154. The molecule has 1 aromatic heterocycles. The minimum atomic E-state index is -1.93. The van der Waals surface area contributed by atoms with Gasteiger partial charge in [0, 0.05) is 25.5 Å². The Labute approximate surface area is 225 Å². The Bertz CT molecular complexity index is 1340. The van der Waals surface area contributed by atoms with Gasteiger partial charge in [0.15, 0.2) is 12.2 Å². The molecule has 0 aliphatic carbocycles. The van der Waals surface area contributed by atoms with Crippen LogP contribution in [0.1, 0.15) is 43.1 Å². The maximum Gasteiger partial charge on any atom is 0.255 e. The molecule has 0 bridgehead atoms. The zero-order valence-electron chi connectivity index (χ0n) is 21.4. The molecule has 0 spiro atoms. The topological polar surface area (TPSA) is 123 Å². The number of likely N-dealkylation sites (tertiary alicyclic amines) is 1. The van der Waals surface area contributed by atoms with Crippen molar-refractivity contribution in [1.29, 1.82) is 0 Å². The second-order valence-electron chi connectivity index (χ2n) is 9.68. The molecule has 1 fully saturated rings. The number of nitrogens with one attached hydrogen (secondary N) is 2. The van der Waals surface area contributed by atoms with E-state index in [0.717, 1.165) is 17.8 Å². The number of carbonyl (C=O) groups excluding carboxylic acids is 2. The van der Waals surface area contributed by atoms with Crippen molar-refractivity contribution in [3.63, 3.8) is 0 Å². The Balaban J connectivity index is 1.20. The number of carbonyl (C=O) groups is 2. The maximum absolute atomic E-state index is 13.3. The Morgan fingerprint density at radius 3 is 2.46 bits per heavy atom. The molecule has 0 saturated carbocycles. The number of rotatable bonds is 8. The molecule has 39 heavy (non-hydrogen) atoms. The summed E-state index contributed by atoms with van der Waals surface area (Å²) in [6.07, 6.45) is 3.09. The Hall–Kier alpha value is -4.06. The van der Waals surface area contributed by atoms with E-state index in [9.17, 15) is 24.2 Å². The van der Waals surface area contributed by atoms with Gasteiger partial charge >= 0.3 is 0 Å². The number of anilines is 1. The predicted molar refractivity (Wildman–Crippen MR) is 142 cm³/mol. The van der Waals surface area contributed by atoms with Gasteiger partial charge in [-0.2, -0.15) is 5.10 Å². The van der Waals surface area contributed by atoms with Crippen LogP contribution < -0.4 is 15.8 Å². The molecule has 10 nitrogen and oxygen atoms in total. The van der Waals surface area contributed by atoms with Gasteiger partial charge in [0.2, 0.25) is 0 Å². The lowest BCUT2D eigenvalue weighted by Crippen LogP contribution is -2.51. The van der Waals surface area contributed by atoms with E-state index < -0.39 is 36.1 Å². The van der Waals surface area contributed by atoms with E-state index in [0.29, 0.717) is 30.8 Å². The van der Waals surface area contributed by atoms with Crippen LogP contribution in [0.3, 0.4) is 0 Å². The molecular weight excluding hydrogens is 503 g/mol. The summed E-state index contributed by atoms with van der Waals surface area (Å²) < 4.78 is 14.8. The third-order valence-corrected chi connectivity index (χ3v) is 7.06. The standard InChI is InChI=1S/C28H31FN6O4/c1-18(19-5-9-21(10-6-19)34-16-3-14-30-34)31-27(38)25(36)26(37)28(39)33-15-2-4-24(33)23-13-17-35(32-23)22-11-7-20(29)8-12-22/h3,5-13,16-18,24-26,30,36-37H,2,4,14-15H2,1H3,(H,31,38)/t18-,24-,25-,26-/m1/s1. The summed E-state index contributed by atoms with van der Waals surface area (Å²) in [5.74, 6) is -1.93. The first-order chi connectivity index (χ1) is 18.8. The quantitative estimate of drug-likeness (QED) is 0.349. The fourth-order valence-corrected chi connectivity index (χ4v) is 4.88. The van der Waals surface area contributed by atoms with Gasteiger partial charge in [-0.3, -0.25) is 14.6 Å². The van der Waals surface area contributed by atoms with Crippen molar-refractivity contribution >= 4 is 17.5 Å². The van der Waals surface area contributed by atoms with Crippen molar-refractivity contribution in [3.8, 4) is 5.69 Å². The van der Waals surface area contributed by atoms with E-state index in [1.165, 1.54) is 17.0 Å². The zero-order valence-corrected chi connectivity index (χ0v) is 21.4. The molecule has 3 heterocycles. The number of nitrogens with zero attached hydrogens (tertiary/aromatic N) is 4. The van der Waals surface area contributed by atoms with Crippen LogP contribution in [0.5, 0.6) is 0 Å². The summed E-state index contributed by atoms with van der Waals surface area (Å²) in [7, 11) is 0. The van der Waals surface area contributed by atoms with E-state index in [1.807, 2.05) is 41.6 Å². The van der Waals surface area contributed by atoms with E-state index >= 15 is 0 Å². The largest absolute Gasteiger partial charge is 0.380 e. The molecule has 5 rings (SSSR count). The number of aromatic nitrogens is 2. The minimum absolute atomic E-state index is 0.352. The molecule has 4 atom stereocenters. The lowest BCUT2D eigenvalue weighted by atomic mass is 10.1. The van der Waals surface area contributed by atoms with Crippen LogP contribution in [0.15, 0.2) is 73.1 Å². The Kier molecular flexibility index (Phi) is 7.73. The first-order valence-corrected chi connectivity index (χ1v) is 12.9. The average molecular weight is 535 g/mol. The fourth-order valence-electron chi connectivity index (χ4n) is 4.88. The van der Waals surface area contributed by atoms with Crippen molar-refractivity contribution in [2.45, 2.75) is 44.1 Å². The summed E-state index contributed by atoms with van der Waals surface area (Å²) in [5.41, 5.74) is 6.19. The molecule has 11 heteroatoms. The first kappa shape index (κ1) is 26.5. The second kappa shape index (κ2) is 11.4. The molecule has 0 radical (unpaired) electrons. The van der Waals surface area contributed by atoms with Crippen molar-refractivity contribution in [1.82, 2.24) is 25.4 Å². The molecule has 2 aromatic carbocycles. The first-order valence-electron chi connectivity index (χ1n) is 12.9. The van der Waals surface area contributed by atoms with Crippen LogP contribution in [0, 0.1) is 5.82 Å². The normalized spacial score (nSPS) is 19.2. The number of hydrogen-bond donors (Lipinski definition) is 4. The summed E-state index contributed by atoms with van der Waals surface area (Å²) in [6.45, 7) is 2.88. The van der Waals surface area contributed by atoms with E-state index in [1.54, 1.807) is 36.0 Å². The molecule has 3 aromatic rings. The fraction of sp³-hybridized carbons (Fsp3) is 0.321. The smallest absolute Gasteiger partial charge is 0.255 e. The highest BCUT2D eigenvalue weighted by atomic mass is 19.1. The molecule has 1 saturated heterocycles. The summed E-state index contributed by atoms with van der Waals surface area (Å²) in [4.78, 5) is 27.3. The van der Waals surface area contributed by atoms with Crippen LogP contribution in [-0.2, 0) is 9.59 Å². The average Bonchev–Trinajstić information content (AvgIpc) is 3.74. The highest BCUT2D eigenvalue weighted by Gasteiger charge is 2.39. The molecule has 2 aliphatic rings. The number of aliphatic hydroxyl groups is 2. The van der Waals surface area contributed by atoms with Gasteiger partial charge in [0.1, 0.15) is 5.82 Å². The van der Waals surface area contributed by atoms with Crippen molar-refractivity contribution < 1.29 is 24.2 Å². The van der Waals surface area contributed by atoms with Crippen LogP contribution in [0.2, 0.25) is 0 Å². The van der Waals surface area contributed by atoms with Gasteiger partial charge in [0.05, 0.1) is 29.2 Å². The van der Waals surface area contributed by atoms with E-state index in [-0.39, 0.29) is 5.82 Å². The number of halogens is 1. The lowest BCUT2D eigenvalue weighted by Gasteiger charge is -2.28. The highest BCUT2D eigenvalue weighted by molar-refractivity contribution is 5.91. The van der Waals surface area contributed by atoms with Crippen LogP contribution in [0.25, 0.3) is 5.69 Å². The summed E-state index contributed by atoms with van der Waals surface area (Å²) in [6, 6.07) is 14.3. The SMILES string of the molecule is C[C@@H](NC(=O)[C@H](O)[C@@H](O)C(=O)N1CCC[C@@H]1c1ccn(-c2ccc(F)cc2)n1)c1ccc(N2C=CCN2)cc1. The highest BCUT2D eigenvalue weighted by Crippen LogP contribution is 2.32. The van der Waals surface area contributed by atoms with Crippen molar-refractivity contribution in [2.75, 3.05) is 18.1 Å². The number of hydrazine groups is 1. The molecule has 204 valence electrons. The number of amides is 2. The Morgan fingerprint density at radius 1 is 1.05 bits per heavy atom. The van der Waals surface area contributed by atoms with Gasteiger partial charge < -0.3 is 20.4 Å². The van der Waals surface area contributed by atoms with Crippen LogP contribution >= 0.6 is 0 Å².